The minimum absolute atomic E-state index is 0.0875. The first-order valence-electron chi connectivity index (χ1n) is 14.1. The molecule has 0 saturated carbocycles. The van der Waals surface area contributed by atoms with Crippen molar-refractivity contribution in [1.29, 1.82) is 0 Å². The number of allylic oxidation sites excluding steroid dienone is 2. The molecule has 1 aliphatic heterocycles. The van der Waals surface area contributed by atoms with Gasteiger partial charge in [-0.1, -0.05) is 109 Å². The van der Waals surface area contributed by atoms with Gasteiger partial charge < -0.3 is 10.6 Å². The van der Waals surface area contributed by atoms with Gasteiger partial charge in [0, 0.05) is 17.4 Å². The van der Waals surface area contributed by atoms with Crippen molar-refractivity contribution >= 4 is 43.7 Å². The molecule has 0 amide bonds. The molecular weight excluding hydrogens is 484 g/mol. The number of rotatable bonds is 3. The minimum Gasteiger partial charge on any atom is -0.323 e. The van der Waals surface area contributed by atoms with Crippen LogP contribution in [0, 0.1) is 0 Å². The van der Waals surface area contributed by atoms with E-state index in [2.05, 4.69) is 145 Å². The molecule has 40 heavy (non-hydrogen) atoms. The van der Waals surface area contributed by atoms with Gasteiger partial charge in [-0.15, -0.1) is 0 Å². The highest BCUT2D eigenvalue weighted by atomic mass is 15.2. The second-order valence-electron chi connectivity index (χ2n) is 11.3. The highest BCUT2D eigenvalue weighted by Gasteiger charge is 2.48. The summed E-state index contributed by atoms with van der Waals surface area (Å²) in [6, 6.07) is 42.1. The number of fused-ring (bicyclic) bond motifs is 9. The van der Waals surface area contributed by atoms with Crippen LogP contribution in [-0.2, 0) is 11.8 Å². The van der Waals surface area contributed by atoms with Gasteiger partial charge in [-0.25, -0.2) is 0 Å². The maximum Gasteiger partial charge on any atom is 0.0538 e. The number of nitrogens with zero attached hydrogens (tertiary/aromatic N) is 1. The summed E-state index contributed by atoms with van der Waals surface area (Å²) in [5.41, 5.74) is 14.1. The predicted octanol–water partition coefficient (Wildman–Crippen LogP) is 8.93. The number of benzene rings is 6. The van der Waals surface area contributed by atoms with Gasteiger partial charge in [-0.05, 0) is 86.6 Å². The van der Waals surface area contributed by atoms with E-state index in [-0.39, 0.29) is 11.5 Å². The summed E-state index contributed by atoms with van der Waals surface area (Å²) in [7, 11) is 0. The molecule has 1 aliphatic carbocycles. The van der Waals surface area contributed by atoms with Gasteiger partial charge in [0.1, 0.15) is 0 Å². The number of hydrogen-bond donors (Lipinski definition) is 1. The van der Waals surface area contributed by atoms with Gasteiger partial charge >= 0.3 is 0 Å². The average molecular weight is 515 g/mol. The van der Waals surface area contributed by atoms with E-state index >= 15 is 0 Å². The topological polar surface area (TPSA) is 29.3 Å². The molecular formula is C38H30N2. The van der Waals surface area contributed by atoms with Crippen LogP contribution in [0.4, 0.5) is 11.4 Å². The standard InChI is InChI=1S/C38H30N2/c1-38-34-24-26(19-21-35(34)40(27-10-3-2-4-11-27)37(38)17-9-16-36(38)39)22-25-18-20-32-30-14-6-5-12-28(30)29-13-7-8-15-31(29)33(32)23-25/h2-21,23-24,36H,22,39H2,1H3. The Bertz CT molecular complexity index is 1980. The van der Waals surface area contributed by atoms with Gasteiger partial charge in [-0.2, -0.15) is 0 Å². The van der Waals surface area contributed by atoms with Crippen LogP contribution in [0.15, 0.2) is 139 Å². The zero-order valence-electron chi connectivity index (χ0n) is 22.5. The predicted molar refractivity (Wildman–Crippen MR) is 169 cm³/mol. The van der Waals surface area contributed by atoms with Crippen LogP contribution in [0.25, 0.3) is 32.3 Å². The van der Waals surface area contributed by atoms with Crippen LogP contribution in [-0.4, -0.2) is 6.04 Å². The number of para-hydroxylation sites is 1. The van der Waals surface area contributed by atoms with Gasteiger partial charge in [-0.3, -0.25) is 0 Å². The second kappa shape index (κ2) is 8.67. The van der Waals surface area contributed by atoms with Crippen LogP contribution in [0.1, 0.15) is 23.6 Å². The normalized spacial score (nSPS) is 19.7. The summed E-state index contributed by atoms with van der Waals surface area (Å²) in [5, 5.41) is 7.89. The molecule has 6 aromatic rings. The molecule has 0 aromatic heterocycles. The molecule has 0 radical (unpaired) electrons. The average Bonchev–Trinajstić information content (AvgIpc) is 3.27. The Balaban J connectivity index is 1.26. The fourth-order valence-corrected chi connectivity index (χ4v) is 7.02. The Morgan fingerprint density at radius 1 is 0.650 bits per heavy atom. The minimum atomic E-state index is -0.283. The Morgan fingerprint density at radius 2 is 1.23 bits per heavy atom. The van der Waals surface area contributed by atoms with Crippen LogP contribution in [0.2, 0.25) is 0 Å². The molecule has 0 fully saturated rings. The lowest BCUT2D eigenvalue weighted by atomic mass is 9.73. The Hall–Kier alpha value is -4.66. The fourth-order valence-electron chi connectivity index (χ4n) is 7.02. The summed E-state index contributed by atoms with van der Waals surface area (Å²) >= 11 is 0. The maximum atomic E-state index is 6.82. The molecule has 2 unspecified atom stereocenters. The number of hydrogen-bond acceptors (Lipinski definition) is 2. The van der Waals surface area contributed by atoms with Crippen LogP contribution in [0.3, 0.4) is 0 Å². The summed E-state index contributed by atoms with van der Waals surface area (Å²) < 4.78 is 0. The molecule has 2 nitrogen and oxygen atoms in total. The molecule has 2 heteroatoms. The highest BCUT2D eigenvalue weighted by molar-refractivity contribution is 6.25. The van der Waals surface area contributed by atoms with E-state index in [1.807, 2.05) is 0 Å². The van der Waals surface area contributed by atoms with Crippen LogP contribution in [0.5, 0.6) is 0 Å². The second-order valence-corrected chi connectivity index (χ2v) is 11.3. The lowest BCUT2D eigenvalue weighted by molar-refractivity contribution is 0.502. The SMILES string of the molecule is CC12C(=CC=CC1N)N(c1ccccc1)c1ccc(Cc3ccc4c5ccccc5c5ccccc5c4c3)cc12. The lowest BCUT2D eigenvalue weighted by Gasteiger charge is -2.36. The molecule has 2 aliphatic rings. The molecule has 0 spiro atoms. The van der Waals surface area contributed by atoms with Crippen molar-refractivity contribution in [3.63, 3.8) is 0 Å². The Morgan fingerprint density at radius 3 is 1.93 bits per heavy atom. The van der Waals surface area contributed by atoms with Crippen molar-refractivity contribution < 1.29 is 0 Å². The summed E-state index contributed by atoms with van der Waals surface area (Å²) in [5.74, 6) is 0. The van der Waals surface area contributed by atoms with Gasteiger partial charge in [0.2, 0.25) is 0 Å². The summed E-state index contributed by atoms with van der Waals surface area (Å²) in [6.07, 6.45) is 7.34. The van der Waals surface area contributed by atoms with E-state index in [0.717, 1.165) is 6.42 Å². The first kappa shape index (κ1) is 23.2. The van der Waals surface area contributed by atoms with Gasteiger partial charge in [0.15, 0.2) is 0 Å². The van der Waals surface area contributed by atoms with Crippen molar-refractivity contribution in [2.24, 2.45) is 5.73 Å². The monoisotopic (exact) mass is 514 g/mol. The molecule has 1 heterocycles. The molecule has 8 rings (SSSR count). The third kappa shape index (κ3) is 3.27. The molecule has 6 aromatic carbocycles. The molecule has 0 bridgehead atoms. The summed E-state index contributed by atoms with van der Waals surface area (Å²) in [6.45, 7) is 2.30. The largest absolute Gasteiger partial charge is 0.323 e. The van der Waals surface area contributed by atoms with E-state index in [1.165, 1.54) is 66.1 Å². The van der Waals surface area contributed by atoms with E-state index in [9.17, 15) is 0 Å². The first-order valence-corrected chi connectivity index (χ1v) is 14.1. The fraction of sp³-hybridized carbons (Fsp3) is 0.105. The zero-order valence-corrected chi connectivity index (χ0v) is 22.5. The summed E-state index contributed by atoms with van der Waals surface area (Å²) in [4.78, 5) is 2.38. The third-order valence-electron chi connectivity index (χ3n) is 9.10. The zero-order chi connectivity index (χ0) is 26.8. The molecule has 192 valence electrons. The number of anilines is 2. The van der Waals surface area contributed by atoms with Crippen LogP contribution < -0.4 is 10.6 Å². The van der Waals surface area contributed by atoms with Gasteiger partial charge in [0.05, 0.1) is 11.1 Å². The Labute approximate surface area is 234 Å². The van der Waals surface area contributed by atoms with E-state index in [1.54, 1.807) is 0 Å². The quantitative estimate of drug-likeness (QED) is 0.239. The number of nitrogens with two attached hydrogens (primary N) is 1. The van der Waals surface area contributed by atoms with Gasteiger partial charge in [0.25, 0.3) is 0 Å². The van der Waals surface area contributed by atoms with E-state index in [0.29, 0.717) is 0 Å². The van der Waals surface area contributed by atoms with Crippen molar-refractivity contribution in [3.8, 4) is 0 Å². The third-order valence-corrected chi connectivity index (χ3v) is 9.10. The van der Waals surface area contributed by atoms with Crippen LogP contribution >= 0.6 is 0 Å². The molecule has 0 saturated heterocycles. The molecule has 2 N–H and O–H groups in total. The van der Waals surface area contributed by atoms with Crippen molar-refractivity contribution in [3.05, 3.63) is 156 Å². The van der Waals surface area contributed by atoms with E-state index in [4.69, 9.17) is 5.73 Å². The molecule has 2 atom stereocenters. The van der Waals surface area contributed by atoms with Crippen molar-refractivity contribution in [2.45, 2.75) is 24.8 Å². The highest BCUT2D eigenvalue weighted by Crippen LogP contribution is 2.54. The van der Waals surface area contributed by atoms with Crippen molar-refractivity contribution in [1.82, 2.24) is 0 Å². The van der Waals surface area contributed by atoms with E-state index < -0.39 is 0 Å². The van der Waals surface area contributed by atoms with Crippen molar-refractivity contribution in [2.75, 3.05) is 4.90 Å². The maximum absolute atomic E-state index is 6.82. The first-order chi connectivity index (χ1) is 19.6. The Kier molecular flexibility index (Phi) is 5.04. The smallest absolute Gasteiger partial charge is 0.0538 e. The lowest BCUT2D eigenvalue weighted by Crippen LogP contribution is -2.44.